The molecule has 3 nitrogen and oxygen atoms in total. The van der Waals surface area contributed by atoms with Gasteiger partial charge in [0.2, 0.25) is 0 Å². The third kappa shape index (κ3) is 2.91. The van der Waals surface area contributed by atoms with Gasteiger partial charge in [0.1, 0.15) is 5.75 Å². The minimum absolute atomic E-state index is 0.0482. The molecule has 0 aromatic heterocycles. The maximum Gasteiger partial charge on any atom is 0.257 e. The van der Waals surface area contributed by atoms with Crippen LogP contribution in [0, 0.1) is 9.49 Å². The molecule has 17 heavy (non-hydrogen) atoms. The Labute approximate surface area is 115 Å². The Kier molecular flexibility index (Phi) is 3.91. The van der Waals surface area contributed by atoms with Crippen molar-refractivity contribution in [2.45, 2.75) is 19.8 Å². The molecule has 0 unspecified atom stereocenters. The highest BCUT2D eigenvalue weighted by molar-refractivity contribution is 14.1. The number of hydrogen-bond acceptors (Lipinski definition) is 2. The number of aromatic hydroxyl groups is 1. The van der Waals surface area contributed by atoms with Crippen LogP contribution >= 0.6 is 22.6 Å². The molecule has 2 rings (SSSR count). The fourth-order valence-corrected chi connectivity index (χ4v) is 2.55. The van der Waals surface area contributed by atoms with E-state index in [0.717, 1.165) is 29.5 Å². The Morgan fingerprint density at radius 1 is 1.41 bits per heavy atom. The lowest BCUT2D eigenvalue weighted by atomic mass is 9.98. The summed E-state index contributed by atoms with van der Waals surface area (Å²) in [5.41, 5.74) is 0.423. The lowest BCUT2D eigenvalue weighted by Gasteiger charge is -2.30. The van der Waals surface area contributed by atoms with Crippen LogP contribution in [0.2, 0.25) is 0 Å². The quantitative estimate of drug-likeness (QED) is 0.796. The molecular formula is C13H16INO2. The number of phenols is 1. The van der Waals surface area contributed by atoms with Crippen LogP contribution in [0.5, 0.6) is 5.75 Å². The van der Waals surface area contributed by atoms with Gasteiger partial charge in [-0.25, -0.2) is 0 Å². The van der Waals surface area contributed by atoms with E-state index in [9.17, 15) is 9.90 Å². The number of hydrogen-bond donors (Lipinski definition) is 1. The zero-order valence-corrected chi connectivity index (χ0v) is 12.0. The third-order valence-corrected chi connectivity index (χ3v) is 3.93. The molecule has 0 radical (unpaired) electrons. The van der Waals surface area contributed by atoms with Crippen LogP contribution in [0.4, 0.5) is 0 Å². The second-order valence-electron chi connectivity index (χ2n) is 4.64. The fraction of sp³-hybridized carbons (Fsp3) is 0.462. The highest BCUT2D eigenvalue weighted by Gasteiger charge is 2.23. The lowest BCUT2D eigenvalue weighted by Crippen LogP contribution is -2.37. The van der Waals surface area contributed by atoms with Crippen LogP contribution in [0.3, 0.4) is 0 Å². The van der Waals surface area contributed by atoms with Gasteiger partial charge in [0.05, 0.1) is 5.56 Å². The molecule has 1 aliphatic rings. The normalized spacial score (nSPS) is 17.2. The van der Waals surface area contributed by atoms with Crippen LogP contribution < -0.4 is 0 Å². The topological polar surface area (TPSA) is 40.5 Å². The number of amides is 1. The van der Waals surface area contributed by atoms with E-state index in [0.29, 0.717) is 11.5 Å². The average Bonchev–Trinajstić information content (AvgIpc) is 2.32. The summed E-state index contributed by atoms with van der Waals surface area (Å²) in [6.45, 7) is 3.81. The maximum atomic E-state index is 12.2. The van der Waals surface area contributed by atoms with Crippen molar-refractivity contribution in [2.75, 3.05) is 13.1 Å². The van der Waals surface area contributed by atoms with E-state index in [2.05, 4.69) is 29.5 Å². The number of phenolic OH excluding ortho intramolecular Hbond substituents is 1. The minimum Gasteiger partial charge on any atom is -0.507 e. The molecule has 1 aromatic carbocycles. The molecule has 1 amide bonds. The van der Waals surface area contributed by atoms with Crippen molar-refractivity contribution in [3.8, 4) is 5.75 Å². The van der Waals surface area contributed by atoms with Crippen molar-refractivity contribution in [2.24, 2.45) is 5.92 Å². The van der Waals surface area contributed by atoms with Gasteiger partial charge >= 0.3 is 0 Å². The van der Waals surface area contributed by atoms with Crippen LogP contribution in [0.1, 0.15) is 30.1 Å². The first-order valence-electron chi connectivity index (χ1n) is 5.85. The highest BCUT2D eigenvalue weighted by Crippen LogP contribution is 2.24. The van der Waals surface area contributed by atoms with Gasteiger partial charge in [0, 0.05) is 16.7 Å². The summed E-state index contributed by atoms with van der Waals surface area (Å²) in [7, 11) is 0. The number of rotatable bonds is 1. The SMILES string of the molecule is CC1CCN(C(=O)c2cc(I)ccc2O)CC1. The molecule has 1 heterocycles. The van der Waals surface area contributed by atoms with Crippen molar-refractivity contribution in [1.29, 1.82) is 0 Å². The largest absolute Gasteiger partial charge is 0.507 e. The molecule has 0 atom stereocenters. The summed E-state index contributed by atoms with van der Waals surface area (Å²) >= 11 is 2.15. The molecule has 1 aromatic rings. The number of nitrogens with zero attached hydrogens (tertiary/aromatic N) is 1. The van der Waals surface area contributed by atoms with Gasteiger partial charge in [-0.05, 0) is 59.5 Å². The lowest BCUT2D eigenvalue weighted by molar-refractivity contribution is 0.0694. The van der Waals surface area contributed by atoms with Gasteiger partial charge in [-0.2, -0.15) is 0 Å². The molecular weight excluding hydrogens is 329 g/mol. The van der Waals surface area contributed by atoms with Crippen molar-refractivity contribution < 1.29 is 9.90 Å². The van der Waals surface area contributed by atoms with Crippen LogP contribution in [-0.4, -0.2) is 29.0 Å². The van der Waals surface area contributed by atoms with Gasteiger partial charge in [-0.3, -0.25) is 4.79 Å². The summed E-state index contributed by atoms with van der Waals surface area (Å²) in [5, 5.41) is 9.74. The molecule has 1 saturated heterocycles. The maximum absolute atomic E-state index is 12.2. The summed E-state index contributed by atoms with van der Waals surface area (Å²) in [5.74, 6) is 0.727. The average molecular weight is 345 g/mol. The van der Waals surface area contributed by atoms with E-state index < -0.39 is 0 Å². The first-order chi connectivity index (χ1) is 8.08. The molecule has 92 valence electrons. The predicted molar refractivity (Wildman–Crippen MR) is 75.1 cm³/mol. The van der Waals surface area contributed by atoms with E-state index >= 15 is 0 Å². The molecule has 0 bridgehead atoms. The molecule has 1 aliphatic heterocycles. The van der Waals surface area contributed by atoms with Gasteiger partial charge in [-0.1, -0.05) is 6.92 Å². The molecule has 0 aliphatic carbocycles. The monoisotopic (exact) mass is 345 g/mol. The van der Waals surface area contributed by atoms with Gasteiger partial charge in [0.25, 0.3) is 5.91 Å². The Morgan fingerprint density at radius 3 is 2.71 bits per heavy atom. The van der Waals surface area contributed by atoms with Crippen LogP contribution in [-0.2, 0) is 0 Å². The van der Waals surface area contributed by atoms with E-state index in [1.54, 1.807) is 18.2 Å². The van der Waals surface area contributed by atoms with Gasteiger partial charge in [-0.15, -0.1) is 0 Å². The first kappa shape index (κ1) is 12.7. The second-order valence-corrected chi connectivity index (χ2v) is 5.88. The fourth-order valence-electron chi connectivity index (χ4n) is 2.06. The molecule has 1 fully saturated rings. The van der Waals surface area contributed by atoms with E-state index in [-0.39, 0.29) is 11.7 Å². The Bertz CT molecular complexity index is 425. The van der Waals surface area contributed by atoms with Crippen molar-refractivity contribution in [3.63, 3.8) is 0 Å². The number of benzene rings is 1. The van der Waals surface area contributed by atoms with Crippen molar-refractivity contribution in [1.82, 2.24) is 4.90 Å². The second kappa shape index (κ2) is 5.25. The smallest absolute Gasteiger partial charge is 0.257 e. The van der Waals surface area contributed by atoms with Gasteiger partial charge in [0.15, 0.2) is 0 Å². The standard InChI is InChI=1S/C13H16INO2/c1-9-4-6-15(7-5-9)13(17)11-8-10(14)2-3-12(11)16/h2-3,8-9,16H,4-7H2,1H3. The summed E-state index contributed by atoms with van der Waals surface area (Å²) < 4.78 is 0.967. The van der Waals surface area contributed by atoms with Crippen molar-refractivity contribution in [3.05, 3.63) is 27.3 Å². The van der Waals surface area contributed by atoms with E-state index in [1.165, 1.54) is 0 Å². The van der Waals surface area contributed by atoms with Crippen LogP contribution in [0.15, 0.2) is 18.2 Å². The Hall–Kier alpha value is -0.780. The number of halogens is 1. The highest BCUT2D eigenvalue weighted by atomic mass is 127. The van der Waals surface area contributed by atoms with Crippen molar-refractivity contribution >= 4 is 28.5 Å². The minimum atomic E-state index is -0.0482. The zero-order chi connectivity index (χ0) is 12.4. The van der Waals surface area contributed by atoms with E-state index in [4.69, 9.17) is 0 Å². The predicted octanol–water partition coefficient (Wildman–Crippen LogP) is 2.87. The molecule has 0 saturated carbocycles. The Balaban J connectivity index is 2.16. The Morgan fingerprint density at radius 2 is 2.06 bits per heavy atom. The molecule has 4 heteroatoms. The third-order valence-electron chi connectivity index (χ3n) is 3.26. The van der Waals surface area contributed by atoms with Gasteiger partial charge < -0.3 is 10.0 Å². The summed E-state index contributed by atoms with van der Waals surface area (Å²) in [6.07, 6.45) is 2.10. The van der Waals surface area contributed by atoms with E-state index in [1.807, 2.05) is 4.90 Å². The number of likely N-dealkylation sites (tertiary alicyclic amines) is 1. The number of carbonyl (C=O) groups excluding carboxylic acids is 1. The number of piperidine rings is 1. The zero-order valence-electron chi connectivity index (χ0n) is 9.82. The summed E-state index contributed by atoms with van der Waals surface area (Å²) in [4.78, 5) is 14.1. The number of carbonyl (C=O) groups is 1. The first-order valence-corrected chi connectivity index (χ1v) is 6.93. The summed E-state index contributed by atoms with van der Waals surface area (Å²) in [6, 6.07) is 5.13. The molecule has 0 spiro atoms. The van der Waals surface area contributed by atoms with Crippen LogP contribution in [0.25, 0.3) is 0 Å². The molecule has 1 N–H and O–H groups in total.